The van der Waals surface area contributed by atoms with E-state index in [0.29, 0.717) is 0 Å². The third-order valence-electron chi connectivity index (χ3n) is 5.51. The average molecular weight is 510 g/mol. The molecule has 4 rings (SSSR count). The van der Waals surface area contributed by atoms with Crippen LogP contribution in [0.25, 0.3) is 20.4 Å². The van der Waals surface area contributed by atoms with Crippen LogP contribution >= 0.6 is 22.7 Å². The molecule has 9 heteroatoms. The largest absolute Gasteiger partial charge is 0.225 e. The normalized spacial score (nSPS) is 11.6. The topological polar surface area (TPSA) is 100 Å². The molecule has 0 aliphatic heterocycles. The number of unbranched alkanes of at least 4 members (excludes halogenated alkanes) is 7. The highest BCUT2D eigenvalue weighted by Gasteiger charge is 2.11. The van der Waals surface area contributed by atoms with Crippen LogP contribution in [0.15, 0.2) is 59.6 Å². The van der Waals surface area contributed by atoms with Crippen LogP contribution in [0, 0.1) is 10.2 Å². The minimum absolute atomic E-state index is 1.16. The minimum atomic E-state index is -4.94. The number of nitrogens with zero attached hydrogens (tertiary/aromatic N) is 2. The van der Waals surface area contributed by atoms with E-state index >= 15 is 0 Å². The van der Waals surface area contributed by atoms with Crippen molar-refractivity contribution < 1.29 is 38.0 Å². The van der Waals surface area contributed by atoms with Gasteiger partial charge in [-0.15, -0.1) is 10.2 Å². The third-order valence-corrected chi connectivity index (χ3v) is 7.43. The molecule has 4 aromatic rings. The standard InChI is InChI=1S/C24H30N2S2.ClHO4/c1(3-5-11-17-25-19-27-23-15-9-7-13-21(23)25)2-4-6-12-18-26-20-28-24-16-10-8-14-22(24)26;2-1(3,4)5/h7-10,13-16,19-20H,1-6,11-12,17-18H2;(H,2,3,4,5)/q+2;/p-1. The molecule has 0 aliphatic carbocycles. The maximum Gasteiger partial charge on any atom is 0.225 e. The van der Waals surface area contributed by atoms with Crippen LogP contribution in [0.1, 0.15) is 51.4 Å². The Kier molecular flexibility index (Phi) is 10.5. The number of aryl methyl sites for hydroxylation is 2. The van der Waals surface area contributed by atoms with Crippen LogP contribution in [0.5, 0.6) is 0 Å². The van der Waals surface area contributed by atoms with Crippen molar-refractivity contribution in [3.63, 3.8) is 0 Å². The summed E-state index contributed by atoms with van der Waals surface area (Å²) >= 11 is 3.71. The second-order valence-corrected chi connectivity index (χ2v) is 10.5. The Balaban J connectivity index is 0.000000555. The summed E-state index contributed by atoms with van der Waals surface area (Å²) in [6, 6.07) is 17.5. The summed E-state index contributed by atoms with van der Waals surface area (Å²) in [5.41, 5.74) is 7.34. The van der Waals surface area contributed by atoms with Crippen molar-refractivity contribution >= 4 is 43.1 Å². The molecule has 2 heterocycles. The maximum absolute atomic E-state index is 8.49. The summed E-state index contributed by atoms with van der Waals surface area (Å²) in [4.78, 5) is 0. The Bertz CT molecular complexity index is 1020. The first-order valence-electron chi connectivity index (χ1n) is 11.2. The molecule has 2 aromatic carbocycles. The van der Waals surface area contributed by atoms with Gasteiger partial charge in [0.1, 0.15) is 22.5 Å². The average Bonchev–Trinajstić information content (AvgIpc) is 3.38. The van der Waals surface area contributed by atoms with Gasteiger partial charge < -0.3 is 0 Å². The Morgan fingerprint density at radius 2 is 0.879 bits per heavy atom. The van der Waals surface area contributed by atoms with Gasteiger partial charge in [-0.2, -0.15) is 9.13 Å². The highest BCUT2D eigenvalue weighted by Crippen LogP contribution is 2.17. The van der Waals surface area contributed by atoms with E-state index < -0.39 is 10.2 Å². The fourth-order valence-electron chi connectivity index (χ4n) is 3.91. The van der Waals surface area contributed by atoms with Gasteiger partial charge in [0.05, 0.1) is 0 Å². The molecule has 0 bridgehead atoms. The van der Waals surface area contributed by atoms with E-state index in [1.54, 1.807) is 0 Å². The van der Waals surface area contributed by atoms with Crippen molar-refractivity contribution in [1.82, 2.24) is 0 Å². The molecule has 6 nitrogen and oxygen atoms in total. The maximum atomic E-state index is 8.49. The first-order valence-corrected chi connectivity index (χ1v) is 14.2. The minimum Gasteiger partial charge on any atom is -0.222 e. The van der Waals surface area contributed by atoms with Gasteiger partial charge in [-0.05, 0) is 25.0 Å². The highest BCUT2D eigenvalue weighted by atomic mass is 35.7. The lowest BCUT2D eigenvalue weighted by molar-refractivity contribution is -2.00. The van der Waals surface area contributed by atoms with E-state index in [-0.39, 0.29) is 0 Å². The second kappa shape index (κ2) is 13.3. The van der Waals surface area contributed by atoms with E-state index in [2.05, 4.69) is 68.7 Å². The molecule has 0 spiro atoms. The molecule has 0 saturated carbocycles. The summed E-state index contributed by atoms with van der Waals surface area (Å²) in [5, 5.41) is 0. The zero-order valence-electron chi connectivity index (χ0n) is 18.6. The number of hydrogen-bond acceptors (Lipinski definition) is 6. The van der Waals surface area contributed by atoms with Crippen LogP contribution in [-0.2, 0) is 13.1 Å². The van der Waals surface area contributed by atoms with Gasteiger partial charge in [0.15, 0.2) is 0 Å². The van der Waals surface area contributed by atoms with E-state index in [0.717, 1.165) is 13.1 Å². The lowest BCUT2D eigenvalue weighted by Crippen LogP contribution is -2.68. The van der Waals surface area contributed by atoms with Crippen molar-refractivity contribution in [2.45, 2.75) is 64.5 Å². The Hall–Kier alpha value is -1.65. The molecule has 0 N–H and O–H groups in total. The van der Waals surface area contributed by atoms with E-state index in [9.17, 15) is 0 Å². The van der Waals surface area contributed by atoms with E-state index in [1.165, 1.54) is 71.8 Å². The zero-order valence-corrected chi connectivity index (χ0v) is 21.0. The number of halogens is 1. The lowest BCUT2D eigenvalue weighted by atomic mass is 10.1. The molecular formula is C24H30ClN2O4S2+. The van der Waals surface area contributed by atoms with E-state index in [4.69, 9.17) is 18.6 Å². The van der Waals surface area contributed by atoms with E-state index in [1.807, 2.05) is 22.7 Å². The summed E-state index contributed by atoms with van der Waals surface area (Å²) in [5.74, 6) is 0. The molecule has 0 fully saturated rings. The van der Waals surface area contributed by atoms with Crippen molar-refractivity contribution in [3.8, 4) is 0 Å². The number of aromatic nitrogens is 2. The van der Waals surface area contributed by atoms with Crippen molar-refractivity contribution in [2.75, 3.05) is 0 Å². The zero-order chi connectivity index (χ0) is 23.5. The van der Waals surface area contributed by atoms with Crippen LogP contribution in [0.3, 0.4) is 0 Å². The van der Waals surface area contributed by atoms with Crippen molar-refractivity contribution in [1.29, 1.82) is 0 Å². The number of para-hydroxylation sites is 2. The second-order valence-electron chi connectivity index (χ2n) is 7.98. The highest BCUT2D eigenvalue weighted by molar-refractivity contribution is 7.16. The molecule has 0 unspecified atom stereocenters. The van der Waals surface area contributed by atoms with Crippen LogP contribution in [-0.4, -0.2) is 0 Å². The number of benzene rings is 2. The molecule has 0 amide bonds. The predicted octanol–water partition coefficient (Wildman–Crippen LogP) is 1.76. The fraction of sp³-hybridized carbons (Fsp3) is 0.417. The Morgan fingerprint density at radius 3 is 1.27 bits per heavy atom. The van der Waals surface area contributed by atoms with Crippen LogP contribution in [0.4, 0.5) is 0 Å². The van der Waals surface area contributed by atoms with Gasteiger partial charge in [0.2, 0.25) is 22.1 Å². The first kappa shape index (κ1) is 26.0. The summed E-state index contributed by atoms with van der Waals surface area (Å²) in [7, 11) is -4.94. The molecule has 2 aromatic heterocycles. The predicted molar refractivity (Wildman–Crippen MR) is 121 cm³/mol. The summed E-state index contributed by atoms with van der Waals surface area (Å²) in [6.07, 6.45) is 10.9. The Morgan fingerprint density at radius 1 is 0.545 bits per heavy atom. The first-order chi connectivity index (χ1) is 15.9. The fourth-order valence-corrected chi connectivity index (χ4v) is 5.76. The lowest BCUT2D eigenvalue weighted by Gasteiger charge is -2.17. The number of hydrogen-bond donors (Lipinski definition) is 0. The van der Waals surface area contributed by atoms with Gasteiger partial charge in [-0.3, -0.25) is 0 Å². The van der Waals surface area contributed by atoms with Crippen LogP contribution < -0.4 is 27.8 Å². The number of thiazole rings is 2. The van der Waals surface area contributed by atoms with Gasteiger partial charge in [0, 0.05) is 25.0 Å². The van der Waals surface area contributed by atoms with Gasteiger partial charge in [-0.1, -0.05) is 72.6 Å². The Labute approximate surface area is 204 Å². The quantitative estimate of drug-likeness (QED) is 0.227. The molecule has 0 radical (unpaired) electrons. The van der Waals surface area contributed by atoms with Gasteiger partial charge in [-0.25, -0.2) is 18.6 Å². The smallest absolute Gasteiger partial charge is 0.222 e. The van der Waals surface area contributed by atoms with Crippen molar-refractivity contribution in [3.05, 3.63) is 59.6 Å². The molecule has 0 aliphatic rings. The summed E-state index contributed by atoms with van der Waals surface area (Å²) in [6.45, 7) is 2.33. The SMILES string of the molecule is [O-][Cl+3]([O-])([O-])[O-].c1ccc2c(c1)sc[n+]2CCCCCCCCCC[n+]1csc2ccccc21. The molecular weight excluding hydrogens is 480 g/mol. The third kappa shape index (κ3) is 9.25. The molecule has 0 saturated heterocycles. The molecule has 178 valence electrons. The number of fused-ring (bicyclic) bond motifs is 2. The summed E-state index contributed by atoms with van der Waals surface area (Å²) < 4.78 is 41.6. The molecule has 0 atom stereocenters. The number of rotatable bonds is 11. The van der Waals surface area contributed by atoms with Gasteiger partial charge >= 0.3 is 0 Å². The van der Waals surface area contributed by atoms with Gasteiger partial charge in [0.25, 0.3) is 0 Å². The monoisotopic (exact) mass is 509 g/mol. The van der Waals surface area contributed by atoms with Crippen molar-refractivity contribution in [2.24, 2.45) is 0 Å². The molecule has 33 heavy (non-hydrogen) atoms. The van der Waals surface area contributed by atoms with Crippen LogP contribution in [0.2, 0.25) is 0 Å².